The molecule has 1 fully saturated rings. The number of anilines is 1. The van der Waals surface area contributed by atoms with Gasteiger partial charge in [0.25, 0.3) is 5.91 Å². The molecule has 1 saturated heterocycles. The molecular formula is C29H31FN4O2S2. The summed E-state index contributed by atoms with van der Waals surface area (Å²) in [5.41, 5.74) is 5.14. The fraction of sp³-hybridized carbons (Fsp3) is 0.310. The molecule has 1 N–H and O–H groups in total. The number of pyridine rings is 1. The Bertz CT molecular complexity index is 1410. The average molecular weight is 551 g/mol. The molecule has 6 nitrogen and oxygen atoms in total. The Kier molecular flexibility index (Phi) is 8.26. The van der Waals surface area contributed by atoms with Crippen molar-refractivity contribution in [3.05, 3.63) is 83.4 Å². The van der Waals surface area contributed by atoms with Crippen LogP contribution in [-0.2, 0) is 5.75 Å². The first kappa shape index (κ1) is 26.6. The van der Waals surface area contributed by atoms with E-state index in [1.165, 1.54) is 17.7 Å². The standard InChI is InChI=1S/C29H31FN4O2S2/c1-31-29(35)27-24-15-23(20-7-6-14-34(17-20)38-18-22-8-4-5-13-32-22)25(33(2)37-3)16-26(24)36-28(27)19-9-11-21(30)12-10-19/h4-5,8-13,15-16,20H,6-7,14,17-18H2,1-3H3,(H,31,35)/t20-/m1/s1. The number of nitrogens with zero attached hydrogens (tertiary/aromatic N) is 3. The summed E-state index contributed by atoms with van der Waals surface area (Å²) >= 11 is 3.46. The highest BCUT2D eigenvalue weighted by molar-refractivity contribution is 7.99. The minimum Gasteiger partial charge on any atom is -0.455 e. The molecule has 198 valence electrons. The summed E-state index contributed by atoms with van der Waals surface area (Å²) in [5, 5.41) is 3.54. The van der Waals surface area contributed by atoms with Gasteiger partial charge in [0.15, 0.2) is 0 Å². The molecule has 0 saturated carbocycles. The molecule has 1 aliphatic rings. The van der Waals surface area contributed by atoms with Crippen LogP contribution in [0.5, 0.6) is 0 Å². The number of nitrogens with one attached hydrogen (secondary N) is 1. The molecule has 5 rings (SSSR count). The van der Waals surface area contributed by atoms with E-state index in [9.17, 15) is 9.18 Å². The number of hydrogen-bond acceptors (Lipinski definition) is 7. The Morgan fingerprint density at radius 2 is 2.05 bits per heavy atom. The van der Waals surface area contributed by atoms with Gasteiger partial charge in [-0.25, -0.2) is 8.70 Å². The summed E-state index contributed by atoms with van der Waals surface area (Å²) in [4.78, 5) is 17.6. The van der Waals surface area contributed by atoms with Crippen LogP contribution in [0.1, 0.15) is 40.4 Å². The second kappa shape index (κ2) is 11.8. The minimum absolute atomic E-state index is 0.226. The zero-order valence-corrected chi connectivity index (χ0v) is 23.4. The lowest BCUT2D eigenvalue weighted by molar-refractivity contribution is 0.0964. The van der Waals surface area contributed by atoms with Crippen molar-refractivity contribution in [2.24, 2.45) is 0 Å². The highest BCUT2D eigenvalue weighted by Crippen LogP contribution is 2.43. The van der Waals surface area contributed by atoms with Gasteiger partial charge in [-0.05, 0) is 66.8 Å². The van der Waals surface area contributed by atoms with E-state index < -0.39 is 0 Å². The van der Waals surface area contributed by atoms with E-state index in [1.807, 2.05) is 42.6 Å². The van der Waals surface area contributed by atoms with Crippen molar-refractivity contribution < 1.29 is 13.6 Å². The van der Waals surface area contributed by atoms with Crippen LogP contribution in [0.2, 0.25) is 0 Å². The van der Waals surface area contributed by atoms with Gasteiger partial charge in [-0.1, -0.05) is 30.0 Å². The largest absolute Gasteiger partial charge is 0.455 e. The van der Waals surface area contributed by atoms with E-state index in [4.69, 9.17) is 4.42 Å². The van der Waals surface area contributed by atoms with E-state index in [0.717, 1.165) is 48.5 Å². The van der Waals surface area contributed by atoms with Crippen LogP contribution in [0, 0.1) is 5.82 Å². The molecule has 2 aromatic carbocycles. The molecule has 0 unspecified atom stereocenters. The Morgan fingerprint density at radius 1 is 1.24 bits per heavy atom. The lowest BCUT2D eigenvalue weighted by atomic mass is 9.89. The zero-order valence-electron chi connectivity index (χ0n) is 21.7. The van der Waals surface area contributed by atoms with Crippen LogP contribution < -0.4 is 9.62 Å². The molecule has 0 bridgehead atoms. The lowest BCUT2D eigenvalue weighted by Gasteiger charge is -2.34. The first-order valence-corrected chi connectivity index (χ1v) is 14.7. The Balaban J connectivity index is 1.54. The number of carbonyl (C=O) groups excluding carboxylic acids is 1. The average Bonchev–Trinajstić information content (AvgIpc) is 3.34. The molecule has 9 heteroatoms. The highest BCUT2D eigenvalue weighted by atomic mass is 32.2. The van der Waals surface area contributed by atoms with Gasteiger partial charge in [0.05, 0.1) is 22.7 Å². The Morgan fingerprint density at radius 3 is 2.76 bits per heavy atom. The first-order valence-electron chi connectivity index (χ1n) is 12.6. The van der Waals surface area contributed by atoms with Gasteiger partial charge < -0.3 is 14.0 Å². The summed E-state index contributed by atoms with van der Waals surface area (Å²) in [5.74, 6) is 1.03. The molecule has 0 spiro atoms. The molecule has 2 aromatic heterocycles. The summed E-state index contributed by atoms with van der Waals surface area (Å²) in [6.45, 7) is 1.95. The third kappa shape index (κ3) is 5.55. The SMILES string of the molecule is CNC(=O)c1c(-c2ccc(F)cc2)oc2cc(N(C)SC)c([C@@H]3CCCN(SCc4ccccn4)C3)cc12. The number of carbonyl (C=O) groups is 1. The second-order valence-electron chi connectivity index (χ2n) is 9.30. The van der Waals surface area contributed by atoms with E-state index >= 15 is 0 Å². The lowest BCUT2D eigenvalue weighted by Crippen LogP contribution is -2.30. The highest BCUT2D eigenvalue weighted by Gasteiger charge is 2.29. The molecule has 3 heterocycles. The van der Waals surface area contributed by atoms with Crippen LogP contribution in [0.3, 0.4) is 0 Å². The number of benzene rings is 2. The number of furan rings is 1. The van der Waals surface area contributed by atoms with Crippen LogP contribution in [-0.4, -0.2) is 48.6 Å². The number of aromatic nitrogens is 1. The van der Waals surface area contributed by atoms with Crippen molar-refractivity contribution in [2.45, 2.75) is 24.5 Å². The van der Waals surface area contributed by atoms with Crippen molar-refractivity contribution >= 4 is 46.5 Å². The van der Waals surface area contributed by atoms with Crippen LogP contribution >= 0.6 is 23.9 Å². The molecule has 1 atom stereocenters. The fourth-order valence-electron chi connectivity index (χ4n) is 4.96. The predicted molar refractivity (Wildman–Crippen MR) is 156 cm³/mol. The molecular weight excluding hydrogens is 519 g/mol. The van der Waals surface area contributed by atoms with Gasteiger partial charge in [-0.15, -0.1) is 0 Å². The molecule has 1 aliphatic heterocycles. The van der Waals surface area contributed by atoms with Crippen molar-refractivity contribution in [2.75, 3.05) is 37.7 Å². The number of amides is 1. The number of hydrogen-bond donors (Lipinski definition) is 1. The summed E-state index contributed by atoms with van der Waals surface area (Å²) in [7, 11) is 3.67. The smallest absolute Gasteiger partial charge is 0.255 e. The van der Waals surface area contributed by atoms with Gasteiger partial charge in [0, 0.05) is 56.7 Å². The number of piperidine rings is 1. The topological polar surface area (TPSA) is 61.6 Å². The molecule has 0 radical (unpaired) electrons. The van der Waals surface area contributed by atoms with Crippen molar-refractivity contribution in [3.8, 4) is 11.3 Å². The molecule has 38 heavy (non-hydrogen) atoms. The van der Waals surface area contributed by atoms with Crippen molar-refractivity contribution in [1.29, 1.82) is 0 Å². The van der Waals surface area contributed by atoms with Crippen molar-refractivity contribution in [3.63, 3.8) is 0 Å². The number of halogens is 1. The molecule has 1 amide bonds. The Labute approximate surface area is 231 Å². The third-order valence-electron chi connectivity index (χ3n) is 6.96. The van der Waals surface area contributed by atoms with Gasteiger partial charge in [0.2, 0.25) is 0 Å². The van der Waals surface area contributed by atoms with Gasteiger partial charge in [-0.3, -0.25) is 9.78 Å². The van der Waals surface area contributed by atoms with Crippen molar-refractivity contribution in [1.82, 2.24) is 14.6 Å². The predicted octanol–water partition coefficient (Wildman–Crippen LogP) is 6.74. The van der Waals surface area contributed by atoms with Crippen LogP contribution in [0.15, 0.2) is 65.2 Å². The Hall–Kier alpha value is -3.01. The monoisotopic (exact) mass is 550 g/mol. The summed E-state index contributed by atoms with van der Waals surface area (Å²) in [6.07, 6.45) is 6.05. The van der Waals surface area contributed by atoms with Crippen LogP contribution in [0.4, 0.5) is 10.1 Å². The fourth-order valence-corrected chi connectivity index (χ4v) is 6.34. The molecule has 4 aromatic rings. The van der Waals surface area contributed by atoms with E-state index in [1.54, 1.807) is 31.1 Å². The van der Waals surface area contributed by atoms with Gasteiger partial charge in [-0.2, -0.15) is 0 Å². The summed E-state index contributed by atoms with van der Waals surface area (Å²) in [6, 6.07) is 16.3. The zero-order chi connectivity index (χ0) is 26.6. The third-order valence-corrected chi connectivity index (χ3v) is 8.82. The van der Waals surface area contributed by atoms with E-state index in [0.29, 0.717) is 28.4 Å². The second-order valence-corrected chi connectivity index (χ2v) is 11.3. The van der Waals surface area contributed by atoms with Gasteiger partial charge in [0.1, 0.15) is 17.2 Å². The maximum Gasteiger partial charge on any atom is 0.255 e. The number of rotatable bonds is 8. The maximum atomic E-state index is 13.6. The van der Waals surface area contributed by atoms with Gasteiger partial charge >= 0.3 is 0 Å². The summed E-state index contributed by atoms with van der Waals surface area (Å²) < 4.78 is 24.5. The maximum absolute atomic E-state index is 13.6. The quantitative estimate of drug-likeness (QED) is 0.244. The van der Waals surface area contributed by atoms with E-state index in [-0.39, 0.29) is 11.7 Å². The molecule has 0 aliphatic carbocycles. The first-order chi connectivity index (χ1) is 18.5. The van der Waals surface area contributed by atoms with Crippen LogP contribution in [0.25, 0.3) is 22.3 Å². The number of fused-ring (bicyclic) bond motifs is 1. The van der Waals surface area contributed by atoms with E-state index in [2.05, 4.69) is 38.1 Å². The normalized spacial score (nSPS) is 16.1. The minimum atomic E-state index is -0.333.